The zero-order chi connectivity index (χ0) is 14.4. The van der Waals surface area contributed by atoms with Crippen molar-refractivity contribution >= 4 is 17.2 Å². The van der Waals surface area contributed by atoms with E-state index in [2.05, 4.69) is 22.1 Å². The van der Waals surface area contributed by atoms with Crippen LogP contribution in [-0.4, -0.2) is 17.4 Å². The Morgan fingerprint density at radius 2 is 2.35 bits per heavy atom. The average molecular weight is 289 g/mol. The van der Waals surface area contributed by atoms with Crippen LogP contribution in [0.3, 0.4) is 0 Å². The smallest absolute Gasteiger partial charge is 0.252 e. The normalized spacial score (nSPS) is 9.70. The molecule has 2 aromatic rings. The maximum atomic E-state index is 13.3. The molecule has 0 aliphatic carbocycles. The van der Waals surface area contributed by atoms with Gasteiger partial charge in [0.1, 0.15) is 5.82 Å². The van der Waals surface area contributed by atoms with E-state index in [0.29, 0.717) is 12.1 Å². The Bertz CT molecular complexity index is 659. The van der Waals surface area contributed by atoms with Gasteiger partial charge in [-0.1, -0.05) is 11.8 Å². The summed E-state index contributed by atoms with van der Waals surface area (Å²) in [6.45, 7) is 0.531. The molecule has 4 nitrogen and oxygen atoms in total. The van der Waals surface area contributed by atoms with E-state index in [0.717, 1.165) is 4.88 Å². The Morgan fingerprint density at radius 3 is 3.05 bits per heavy atom. The van der Waals surface area contributed by atoms with Gasteiger partial charge in [-0.3, -0.25) is 9.78 Å². The number of hydrogen-bond donors (Lipinski definition) is 2. The van der Waals surface area contributed by atoms with Crippen LogP contribution >= 0.6 is 11.3 Å². The first-order chi connectivity index (χ1) is 9.70. The minimum Gasteiger partial charge on any atom is -0.347 e. The van der Waals surface area contributed by atoms with Crippen molar-refractivity contribution in [3.8, 4) is 11.8 Å². The third-order valence-electron chi connectivity index (χ3n) is 2.46. The molecular formula is C14H12FN3OS. The van der Waals surface area contributed by atoms with Gasteiger partial charge < -0.3 is 11.1 Å². The van der Waals surface area contributed by atoms with Crippen LogP contribution in [-0.2, 0) is 6.54 Å². The quantitative estimate of drug-likeness (QED) is 0.842. The molecule has 0 saturated carbocycles. The molecule has 1 heterocycles. The highest BCUT2D eigenvalue weighted by molar-refractivity contribution is 7.09. The van der Waals surface area contributed by atoms with E-state index in [1.54, 1.807) is 11.7 Å². The molecule has 0 spiro atoms. The molecule has 2 rings (SSSR count). The standard InChI is InChI=1S/C14H12FN3OS/c15-11-4-3-10(2-1-5-16)13(6-11)14(19)18-8-12-7-17-9-20-12/h3-4,6-7,9H,5,8,16H2,(H,18,19). The Morgan fingerprint density at radius 1 is 1.50 bits per heavy atom. The van der Waals surface area contributed by atoms with E-state index in [1.807, 2.05) is 0 Å². The fourth-order valence-corrected chi connectivity index (χ4v) is 2.09. The third kappa shape index (κ3) is 3.63. The largest absolute Gasteiger partial charge is 0.347 e. The molecule has 0 fully saturated rings. The number of halogens is 1. The van der Waals surface area contributed by atoms with E-state index in [4.69, 9.17) is 5.73 Å². The van der Waals surface area contributed by atoms with Gasteiger partial charge in [0, 0.05) is 16.6 Å². The summed E-state index contributed by atoms with van der Waals surface area (Å²) in [6, 6.07) is 3.91. The summed E-state index contributed by atoms with van der Waals surface area (Å²) < 4.78 is 13.3. The summed E-state index contributed by atoms with van der Waals surface area (Å²) in [6.07, 6.45) is 1.67. The molecule has 0 atom stereocenters. The second-order valence-electron chi connectivity index (χ2n) is 3.85. The van der Waals surface area contributed by atoms with Crippen LogP contribution in [0.2, 0.25) is 0 Å². The number of nitrogens with zero attached hydrogens (tertiary/aromatic N) is 1. The van der Waals surface area contributed by atoms with Gasteiger partial charge in [-0.25, -0.2) is 4.39 Å². The van der Waals surface area contributed by atoms with Crippen LogP contribution in [0, 0.1) is 17.7 Å². The lowest BCUT2D eigenvalue weighted by atomic mass is 10.1. The molecule has 1 amide bonds. The van der Waals surface area contributed by atoms with Crippen molar-refractivity contribution in [2.45, 2.75) is 6.54 Å². The first-order valence-corrected chi connectivity index (χ1v) is 6.72. The van der Waals surface area contributed by atoms with Gasteiger partial charge >= 0.3 is 0 Å². The molecule has 0 aliphatic rings. The molecule has 0 unspecified atom stereocenters. The van der Waals surface area contributed by atoms with E-state index >= 15 is 0 Å². The van der Waals surface area contributed by atoms with Gasteiger partial charge in [-0.2, -0.15) is 0 Å². The van der Waals surface area contributed by atoms with Crippen molar-refractivity contribution in [1.29, 1.82) is 0 Å². The topological polar surface area (TPSA) is 68.0 Å². The van der Waals surface area contributed by atoms with E-state index in [1.165, 1.54) is 29.5 Å². The molecule has 0 bridgehead atoms. The number of hydrogen-bond acceptors (Lipinski definition) is 4. The fourth-order valence-electron chi connectivity index (χ4n) is 1.55. The Kier molecular flexibility index (Phi) is 4.82. The number of carbonyl (C=O) groups is 1. The summed E-state index contributed by atoms with van der Waals surface area (Å²) in [7, 11) is 0. The second-order valence-corrected chi connectivity index (χ2v) is 4.82. The Labute approximate surface area is 119 Å². The molecular weight excluding hydrogens is 277 g/mol. The number of aromatic nitrogens is 1. The molecule has 0 radical (unpaired) electrons. The molecule has 1 aromatic carbocycles. The maximum Gasteiger partial charge on any atom is 0.252 e. The first kappa shape index (κ1) is 14.2. The number of carbonyl (C=O) groups excluding carboxylic acids is 1. The number of thiazole rings is 1. The Balaban J connectivity index is 2.17. The minimum absolute atomic E-state index is 0.180. The first-order valence-electron chi connectivity index (χ1n) is 5.84. The van der Waals surface area contributed by atoms with Crippen LogP contribution < -0.4 is 11.1 Å². The Hall–Kier alpha value is -2.23. The number of benzene rings is 1. The van der Waals surface area contributed by atoms with Crippen LogP contribution in [0.5, 0.6) is 0 Å². The summed E-state index contributed by atoms with van der Waals surface area (Å²) in [5.74, 6) is 4.56. The summed E-state index contributed by atoms with van der Waals surface area (Å²) in [4.78, 5) is 16.9. The molecule has 3 N–H and O–H groups in total. The van der Waals surface area contributed by atoms with Gasteiger partial charge in [-0.15, -0.1) is 11.3 Å². The van der Waals surface area contributed by atoms with Crippen LogP contribution in [0.4, 0.5) is 4.39 Å². The monoisotopic (exact) mass is 289 g/mol. The number of nitrogens with two attached hydrogens (primary N) is 1. The van der Waals surface area contributed by atoms with Crippen molar-refractivity contribution in [2.75, 3.05) is 6.54 Å². The van der Waals surface area contributed by atoms with Crippen molar-refractivity contribution in [1.82, 2.24) is 10.3 Å². The summed E-state index contributed by atoms with van der Waals surface area (Å²) >= 11 is 1.44. The van der Waals surface area contributed by atoms with Crippen molar-refractivity contribution in [3.05, 3.63) is 51.7 Å². The molecule has 20 heavy (non-hydrogen) atoms. The van der Waals surface area contributed by atoms with Gasteiger partial charge in [0.2, 0.25) is 0 Å². The van der Waals surface area contributed by atoms with Crippen LogP contribution in [0.1, 0.15) is 20.8 Å². The zero-order valence-electron chi connectivity index (χ0n) is 10.5. The van der Waals surface area contributed by atoms with E-state index in [-0.39, 0.29) is 18.0 Å². The molecule has 6 heteroatoms. The zero-order valence-corrected chi connectivity index (χ0v) is 11.3. The highest BCUT2D eigenvalue weighted by atomic mass is 32.1. The minimum atomic E-state index is -0.480. The molecule has 0 saturated heterocycles. The van der Waals surface area contributed by atoms with Crippen LogP contribution in [0.25, 0.3) is 0 Å². The highest BCUT2D eigenvalue weighted by Crippen LogP contribution is 2.11. The molecule has 0 aliphatic heterocycles. The molecule has 102 valence electrons. The SMILES string of the molecule is NCC#Cc1ccc(F)cc1C(=O)NCc1cncs1. The predicted octanol–water partition coefficient (Wildman–Crippen LogP) is 1.52. The number of amides is 1. The summed E-state index contributed by atoms with van der Waals surface area (Å²) in [5, 5.41) is 2.71. The maximum absolute atomic E-state index is 13.3. The van der Waals surface area contributed by atoms with Gasteiger partial charge in [-0.05, 0) is 18.2 Å². The van der Waals surface area contributed by atoms with Crippen molar-refractivity contribution in [3.63, 3.8) is 0 Å². The van der Waals surface area contributed by atoms with Gasteiger partial charge in [0.25, 0.3) is 5.91 Å². The lowest BCUT2D eigenvalue weighted by Crippen LogP contribution is -2.23. The van der Waals surface area contributed by atoms with Crippen molar-refractivity contribution in [2.24, 2.45) is 5.73 Å². The number of rotatable bonds is 3. The lowest BCUT2D eigenvalue weighted by molar-refractivity contribution is 0.0950. The predicted molar refractivity (Wildman–Crippen MR) is 75.6 cm³/mol. The second kappa shape index (κ2) is 6.80. The van der Waals surface area contributed by atoms with E-state index < -0.39 is 5.82 Å². The number of nitrogens with one attached hydrogen (secondary N) is 1. The lowest BCUT2D eigenvalue weighted by Gasteiger charge is -2.06. The third-order valence-corrected chi connectivity index (χ3v) is 3.24. The van der Waals surface area contributed by atoms with Gasteiger partial charge in [0.05, 0.1) is 24.2 Å². The van der Waals surface area contributed by atoms with Crippen molar-refractivity contribution < 1.29 is 9.18 Å². The van der Waals surface area contributed by atoms with Gasteiger partial charge in [0.15, 0.2) is 0 Å². The summed E-state index contributed by atoms with van der Waals surface area (Å²) in [5.41, 5.74) is 7.65. The average Bonchev–Trinajstić information content (AvgIpc) is 2.96. The van der Waals surface area contributed by atoms with E-state index in [9.17, 15) is 9.18 Å². The fraction of sp³-hybridized carbons (Fsp3) is 0.143. The highest BCUT2D eigenvalue weighted by Gasteiger charge is 2.11. The molecule has 1 aromatic heterocycles. The van der Waals surface area contributed by atoms with Crippen LogP contribution in [0.15, 0.2) is 29.9 Å².